The molecule has 2 heterocycles. The summed E-state index contributed by atoms with van der Waals surface area (Å²) >= 11 is 1.52. The van der Waals surface area contributed by atoms with Crippen LogP contribution < -0.4 is 0 Å². The molecule has 0 aromatic carbocycles. The van der Waals surface area contributed by atoms with E-state index >= 15 is 0 Å². The average Bonchev–Trinajstić information content (AvgIpc) is 2.82. The second-order valence-corrected chi connectivity index (χ2v) is 6.35. The van der Waals surface area contributed by atoms with Crippen LogP contribution in [0, 0.1) is 12.8 Å². The number of carbonyl (C=O) groups excluding carboxylic acids is 1. The zero-order valence-electron chi connectivity index (χ0n) is 11.7. The van der Waals surface area contributed by atoms with Gasteiger partial charge >= 0.3 is 5.97 Å². The van der Waals surface area contributed by atoms with Crippen LogP contribution in [0.25, 0.3) is 0 Å². The molecule has 1 amide bonds. The van der Waals surface area contributed by atoms with Crippen molar-refractivity contribution >= 4 is 23.6 Å². The number of aliphatic carboxylic acids is 1. The summed E-state index contributed by atoms with van der Waals surface area (Å²) in [6.45, 7) is 5.79. The Kier molecular flexibility index (Phi) is 4.32. The lowest BCUT2D eigenvalue weighted by molar-refractivity contribution is -0.141. The Labute approximate surface area is 122 Å². The maximum Gasteiger partial charge on any atom is 0.327 e. The van der Waals surface area contributed by atoms with Crippen LogP contribution in [0.2, 0.25) is 0 Å². The van der Waals surface area contributed by atoms with E-state index in [4.69, 9.17) is 0 Å². The molecule has 20 heavy (non-hydrogen) atoms. The Morgan fingerprint density at radius 1 is 1.45 bits per heavy atom. The molecule has 2 unspecified atom stereocenters. The molecule has 0 aliphatic carbocycles. The molecule has 1 aliphatic rings. The molecule has 0 radical (unpaired) electrons. The minimum Gasteiger partial charge on any atom is -0.480 e. The van der Waals surface area contributed by atoms with E-state index in [1.807, 2.05) is 26.8 Å². The lowest BCUT2D eigenvalue weighted by Gasteiger charge is -2.29. The molecule has 2 rings (SSSR count). The number of aryl methyl sites for hydroxylation is 1. The maximum atomic E-state index is 12.6. The number of aromatic nitrogens is 1. The molecule has 0 saturated carbocycles. The van der Waals surface area contributed by atoms with Gasteiger partial charge < -0.3 is 10.0 Å². The predicted octanol–water partition coefficient (Wildman–Crippen LogP) is 2.01. The number of carboxylic acids is 1. The topological polar surface area (TPSA) is 70.5 Å². The molecule has 6 heteroatoms. The van der Waals surface area contributed by atoms with Crippen molar-refractivity contribution in [2.24, 2.45) is 5.92 Å². The number of amides is 1. The molecule has 1 saturated heterocycles. The molecule has 0 spiro atoms. The average molecular weight is 294 g/mol. The second kappa shape index (κ2) is 5.83. The summed E-state index contributed by atoms with van der Waals surface area (Å²) in [5, 5.41) is 9.19. The van der Waals surface area contributed by atoms with Gasteiger partial charge in [-0.3, -0.25) is 4.79 Å². The summed E-state index contributed by atoms with van der Waals surface area (Å²) in [5.41, 5.74) is 1.06. The van der Waals surface area contributed by atoms with Crippen molar-refractivity contribution in [1.29, 1.82) is 0 Å². The van der Waals surface area contributed by atoms with Crippen LogP contribution in [0.5, 0.6) is 0 Å². The number of hydrogen-bond donors (Lipinski definition) is 1. The maximum absolute atomic E-state index is 12.6. The van der Waals surface area contributed by atoms with Gasteiger partial charge in [0.1, 0.15) is 11.7 Å². The van der Waals surface area contributed by atoms with Crippen molar-refractivity contribution in [2.75, 3.05) is 5.75 Å². The zero-order valence-corrected chi connectivity index (χ0v) is 12.6. The first-order valence-electron chi connectivity index (χ1n) is 6.52. The number of carbonyl (C=O) groups is 2. The molecule has 1 N–H and O–H groups in total. The normalized spacial score (nSPS) is 22.3. The molecule has 2 atom stereocenters. The van der Waals surface area contributed by atoms with Crippen molar-refractivity contribution in [3.63, 3.8) is 0 Å². The minimum absolute atomic E-state index is 0.120. The van der Waals surface area contributed by atoms with E-state index < -0.39 is 12.0 Å². The first-order chi connectivity index (χ1) is 9.41. The highest BCUT2D eigenvalue weighted by Crippen LogP contribution is 2.35. The Bertz CT molecular complexity index is 533. The summed E-state index contributed by atoms with van der Waals surface area (Å²) in [7, 11) is 0. The second-order valence-electron chi connectivity index (χ2n) is 5.20. The smallest absolute Gasteiger partial charge is 0.327 e. The van der Waals surface area contributed by atoms with Crippen molar-refractivity contribution in [3.8, 4) is 0 Å². The highest BCUT2D eigenvalue weighted by molar-refractivity contribution is 8.00. The molecular formula is C14H18N2O3S. The van der Waals surface area contributed by atoms with Crippen LogP contribution in [0.3, 0.4) is 0 Å². The summed E-state index contributed by atoms with van der Waals surface area (Å²) in [6.07, 6.45) is 0. The number of thioether (sulfide) groups is 1. The molecule has 1 aliphatic heterocycles. The molecule has 1 fully saturated rings. The fraction of sp³-hybridized carbons (Fsp3) is 0.500. The van der Waals surface area contributed by atoms with Gasteiger partial charge in [0.05, 0.1) is 5.37 Å². The molecule has 1 aromatic rings. The van der Waals surface area contributed by atoms with Crippen LogP contribution in [-0.4, -0.2) is 44.0 Å². The van der Waals surface area contributed by atoms with E-state index in [1.165, 1.54) is 16.7 Å². The number of pyridine rings is 1. The van der Waals surface area contributed by atoms with Gasteiger partial charge in [-0.05, 0) is 25.0 Å². The first kappa shape index (κ1) is 14.8. The van der Waals surface area contributed by atoms with Crippen LogP contribution in [0.4, 0.5) is 0 Å². The summed E-state index contributed by atoms with van der Waals surface area (Å²) in [4.78, 5) is 29.7. The molecule has 0 bridgehead atoms. The molecule has 108 valence electrons. The standard InChI is InChI=1S/C14H18N2O3S/c1-8(2)13-16(11(7-20-13)14(18)19)12(17)10-6-4-5-9(3)15-10/h4-6,8,11,13H,7H2,1-3H3,(H,18,19). The largest absolute Gasteiger partial charge is 0.480 e. The van der Waals surface area contributed by atoms with Gasteiger partial charge in [-0.25, -0.2) is 9.78 Å². The summed E-state index contributed by atoms with van der Waals surface area (Å²) < 4.78 is 0. The summed E-state index contributed by atoms with van der Waals surface area (Å²) in [5.74, 6) is -0.639. The van der Waals surface area contributed by atoms with Crippen molar-refractivity contribution < 1.29 is 14.7 Å². The number of hydrogen-bond acceptors (Lipinski definition) is 4. The Hall–Kier alpha value is -1.56. The van der Waals surface area contributed by atoms with E-state index in [9.17, 15) is 14.7 Å². The number of rotatable bonds is 3. The van der Waals surface area contributed by atoms with E-state index in [-0.39, 0.29) is 17.2 Å². The Balaban J connectivity index is 2.34. The van der Waals surface area contributed by atoms with Crippen LogP contribution in [-0.2, 0) is 4.79 Å². The zero-order chi connectivity index (χ0) is 14.9. The Morgan fingerprint density at radius 2 is 2.15 bits per heavy atom. The van der Waals surface area contributed by atoms with E-state index in [2.05, 4.69) is 4.98 Å². The van der Waals surface area contributed by atoms with Crippen LogP contribution in [0.1, 0.15) is 30.0 Å². The van der Waals surface area contributed by atoms with Crippen LogP contribution in [0.15, 0.2) is 18.2 Å². The van der Waals surface area contributed by atoms with Crippen molar-refractivity contribution in [2.45, 2.75) is 32.2 Å². The van der Waals surface area contributed by atoms with E-state index in [0.29, 0.717) is 11.4 Å². The highest BCUT2D eigenvalue weighted by atomic mass is 32.2. The third-order valence-electron chi connectivity index (χ3n) is 3.23. The van der Waals surface area contributed by atoms with Crippen LogP contribution >= 0.6 is 11.8 Å². The van der Waals surface area contributed by atoms with Gasteiger partial charge in [-0.2, -0.15) is 0 Å². The predicted molar refractivity (Wildman–Crippen MR) is 77.7 cm³/mol. The molecular weight excluding hydrogens is 276 g/mol. The van der Waals surface area contributed by atoms with E-state index in [1.54, 1.807) is 12.1 Å². The lowest BCUT2D eigenvalue weighted by Crippen LogP contribution is -2.47. The summed E-state index contributed by atoms with van der Waals surface area (Å²) in [6, 6.07) is 4.43. The number of nitrogens with zero attached hydrogens (tertiary/aromatic N) is 2. The minimum atomic E-state index is -0.957. The fourth-order valence-electron chi connectivity index (χ4n) is 2.28. The van der Waals surface area contributed by atoms with Gasteiger partial charge in [0.15, 0.2) is 0 Å². The third kappa shape index (κ3) is 2.80. The first-order valence-corrected chi connectivity index (χ1v) is 7.57. The quantitative estimate of drug-likeness (QED) is 0.923. The van der Waals surface area contributed by atoms with E-state index in [0.717, 1.165) is 5.69 Å². The molecule has 5 nitrogen and oxygen atoms in total. The molecule has 1 aromatic heterocycles. The van der Waals surface area contributed by atoms with Gasteiger partial charge in [0.2, 0.25) is 0 Å². The third-order valence-corrected chi connectivity index (χ3v) is 4.85. The lowest BCUT2D eigenvalue weighted by atomic mass is 10.1. The van der Waals surface area contributed by atoms with Gasteiger partial charge in [-0.1, -0.05) is 19.9 Å². The monoisotopic (exact) mass is 294 g/mol. The van der Waals surface area contributed by atoms with Crippen molar-refractivity contribution in [1.82, 2.24) is 9.88 Å². The van der Waals surface area contributed by atoms with Gasteiger partial charge in [0, 0.05) is 11.4 Å². The number of carboxylic acid groups (broad SMARTS) is 1. The fourth-order valence-corrected chi connectivity index (χ4v) is 3.75. The SMILES string of the molecule is Cc1cccc(C(=O)N2C(C(=O)O)CSC2C(C)C)n1. The Morgan fingerprint density at radius 3 is 2.70 bits per heavy atom. The van der Waals surface area contributed by atoms with Gasteiger partial charge in [0.25, 0.3) is 5.91 Å². The van der Waals surface area contributed by atoms with Crippen molar-refractivity contribution in [3.05, 3.63) is 29.6 Å². The highest BCUT2D eigenvalue weighted by Gasteiger charge is 2.43. The van der Waals surface area contributed by atoms with Gasteiger partial charge in [-0.15, -0.1) is 11.8 Å².